The monoisotopic (exact) mass is 558 g/mol. The van der Waals surface area contributed by atoms with Crippen LogP contribution in [0.3, 0.4) is 0 Å². The number of carbonyl (C=O) groups excluding carboxylic acids is 1. The van der Waals surface area contributed by atoms with Gasteiger partial charge in [-0.05, 0) is 92.5 Å². The minimum Gasteiger partial charge on any atom is -0.497 e. The first-order chi connectivity index (χ1) is 19.1. The fourth-order valence-electron chi connectivity index (χ4n) is 6.69. The van der Waals surface area contributed by atoms with Crippen LogP contribution in [-0.2, 0) is 14.9 Å². The van der Waals surface area contributed by atoms with E-state index in [0.29, 0.717) is 5.56 Å². The Morgan fingerprint density at radius 3 is 2.58 bits per heavy atom. The highest BCUT2D eigenvalue weighted by Crippen LogP contribution is 2.54. The fraction of sp³-hybridized carbons (Fsp3) is 0.516. The van der Waals surface area contributed by atoms with Gasteiger partial charge >= 0.3 is 6.36 Å². The van der Waals surface area contributed by atoms with Gasteiger partial charge in [0.25, 0.3) is 0 Å². The third-order valence-electron chi connectivity index (χ3n) is 8.79. The van der Waals surface area contributed by atoms with Crippen LogP contribution in [0.25, 0.3) is 6.08 Å². The molecular formula is C31H37F3N2O4. The lowest BCUT2D eigenvalue weighted by Gasteiger charge is -2.60. The van der Waals surface area contributed by atoms with Crippen LogP contribution < -0.4 is 14.8 Å². The quantitative estimate of drug-likeness (QED) is 0.400. The molecule has 2 aromatic carbocycles. The third-order valence-corrected chi connectivity index (χ3v) is 8.79. The third kappa shape index (κ3) is 6.31. The number of likely N-dealkylation sites (tertiary alicyclic amines) is 1. The van der Waals surface area contributed by atoms with E-state index >= 15 is 0 Å². The van der Waals surface area contributed by atoms with Gasteiger partial charge in [0.05, 0.1) is 12.7 Å². The highest BCUT2D eigenvalue weighted by Gasteiger charge is 2.59. The summed E-state index contributed by atoms with van der Waals surface area (Å²) >= 11 is 0. The molecule has 1 N–H and O–H groups in total. The van der Waals surface area contributed by atoms with Crippen molar-refractivity contribution in [1.82, 2.24) is 10.2 Å². The number of alkyl halides is 3. The number of nitrogens with one attached hydrogen (secondary N) is 1. The van der Waals surface area contributed by atoms with E-state index in [4.69, 9.17) is 9.47 Å². The summed E-state index contributed by atoms with van der Waals surface area (Å²) in [5.41, 5.74) is 0.910. The molecule has 3 aliphatic rings. The molecular weight excluding hydrogens is 521 g/mol. The minimum absolute atomic E-state index is 0.0819. The standard InChI is InChI=1S/C31H37F3N2O4/c1-38-26-7-4-6-24(18-26)29-15-16-36(20-23-9-10-23)21-30(29,39-2)14-13-25(19-29)35-28(37)12-11-22-5-3-8-27(17-22)40-31(32,33)34/h3-8,11-12,17-18,23,25H,9-10,13-16,19-21H2,1-2H3,(H,35,37). The van der Waals surface area contributed by atoms with Gasteiger partial charge in [-0.15, -0.1) is 13.2 Å². The van der Waals surface area contributed by atoms with Gasteiger partial charge in [-0.3, -0.25) is 4.79 Å². The van der Waals surface area contributed by atoms with Crippen molar-refractivity contribution in [2.24, 2.45) is 5.92 Å². The first-order valence-corrected chi connectivity index (χ1v) is 13.9. The van der Waals surface area contributed by atoms with E-state index < -0.39 is 6.36 Å². The lowest BCUT2D eigenvalue weighted by Crippen LogP contribution is -2.68. The number of methoxy groups -OCH3 is 2. The van der Waals surface area contributed by atoms with Crippen molar-refractivity contribution < 1.29 is 32.2 Å². The summed E-state index contributed by atoms with van der Waals surface area (Å²) in [4.78, 5) is 15.5. The zero-order valence-electron chi connectivity index (χ0n) is 23.0. The molecule has 3 atom stereocenters. The molecule has 2 aliphatic carbocycles. The number of hydrogen-bond acceptors (Lipinski definition) is 5. The SMILES string of the molecule is COc1cccc(C23CCN(CC4CC4)CC2(OC)CCC(NC(=O)C=Cc2cccc(OC(F)(F)F)c2)C3)c1. The van der Waals surface area contributed by atoms with Crippen LogP contribution in [0, 0.1) is 5.92 Å². The highest BCUT2D eigenvalue weighted by molar-refractivity contribution is 5.92. The van der Waals surface area contributed by atoms with E-state index in [-0.39, 0.29) is 28.7 Å². The highest BCUT2D eigenvalue weighted by atomic mass is 19.4. The Morgan fingerprint density at radius 1 is 1.07 bits per heavy atom. The number of rotatable bonds is 9. The molecule has 3 fully saturated rings. The second-order valence-corrected chi connectivity index (χ2v) is 11.3. The first-order valence-electron chi connectivity index (χ1n) is 13.9. The summed E-state index contributed by atoms with van der Waals surface area (Å²) in [5, 5.41) is 3.16. The van der Waals surface area contributed by atoms with E-state index in [0.717, 1.165) is 62.5 Å². The fourth-order valence-corrected chi connectivity index (χ4v) is 6.69. The van der Waals surface area contributed by atoms with Crippen molar-refractivity contribution >= 4 is 12.0 Å². The number of hydrogen-bond donors (Lipinski definition) is 1. The van der Waals surface area contributed by atoms with E-state index in [1.165, 1.54) is 43.2 Å². The molecule has 1 heterocycles. The number of halogens is 3. The second-order valence-electron chi connectivity index (χ2n) is 11.3. The van der Waals surface area contributed by atoms with Crippen LogP contribution in [-0.4, -0.2) is 62.7 Å². The van der Waals surface area contributed by atoms with Crippen molar-refractivity contribution in [3.05, 3.63) is 65.7 Å². The van der Waals surface area contributed by atoms with E-state index in [9.17, 15) is 18.0 Å². The average Bonchev–Trinajstić information content (AvgIpc) is 3.75. The maximum Gasteiger partial charge on any atom is 0.573 e. The lowest BCUT2D eigenvalue weighted by atomic mass is 9.55. The van der Waals surface area contributed by atoms with Crippen molar-refractivity contribution in [2.75, 3.05) is 33.9 Å². The van der Waals surface area contributed by atoms with Gasteiger partial charge < -0.3 is 24.4 Å². The van der Waals surface area contributed by atoms with Gasteiger partial charge in [0.15, 0.2) is 0 Å². The van der Waals surface area contributed by atoms with Crippen LogP contribution in [0.5, 0.6) is 11.5 Å². The molecule has 5 rings (SSSR count). The largest absolute Gasteiger partial charge is 0.573 e. The van der Waals surface area contributed by atoms with Crippen LogP contribution in [0.4, 0.5) is 13.2 Å². The van der Waals surface area contributed by atoms with E-state index in [2.05, 4.69) is 27.1 Å². The van der Waals surface area contributed by atoms with E-state index in [1.807, 2.05) is 19.2 Å². The summed E-state index contributed by atoms with van der Waals surface area (Å²) in [5.74, 6) is 0.972. The summed E-state index contributed by atoms with van der Waals surface area (Å²) in [6.07, 6.45) is 3.90. The predicted octanol–water partition coefficient (Wildman–Crippen LogP) is 5.71. The minimum atomic E-state index is -4.77. The molecule has 3 unspecified atom stereocenters. The van der Waals surface area contributed by atoms with Crippen LogP contribution >= 0.6 is 0 Å². The molecule has 2 aromatic rings. The van der Waals surface area contributed by atoms with Gasteiger partial charge in [0, 0.05) is 37.7 Å². The number of carbonyl (C=O) groups is 1. The molecule has 216 valence electrons. The van der Waals surface area contributed by atoms with Gasteiger partial charge in [-0.2, -0.15) is 0 Å². The van der Waals surface area contributed by atoms with Gasteiger partial charge in [-0.25, -0.2) is 0 Å². The Morgan fingerprint density at radius 2 is 1.85 bits per heavy atom. The molecule has 0 bridgehead atoms. The Bertz CT molecular complexity index is 1230. The van der Waals surface area contributed by atoms with Gasteiger partial charge in [0.1, 0.15) is 11.5 Å². The molecule has 0 radical (unpaired) electrons. The van der Waals surface area contributed by atoms with Gasteiger partial charge in [-0.1, -0.05) is 24.3 Å². The molecule has 1 aliphatic heterocycles. The molecule has 6 nitrogen and oxygen atoms in total. The number of piperidine rings is 1. The van der Waals surface area contributed by atoms with Crippen molar-refractivity contribution in [1.29, 1.82) is 0 Å². The zero-order chi connectivity index (χ0) is 28.4. The van der Waals surface area contributed by atoms with Crippen LogP contribution in [0.1, 0.15) is 49.7 Å². The Kier molecular flexibility index (Phi) is 8.15. The number of ether oxygens (including phenoxy) is 3. The Labute approximate surface area is 233 Å². The summed E-state index contributed by atoms with van der Waals surface area (Å²) in [6.45, 7) is 2.93. The predicted molar refractivity (Wildman–Crippen MR) is 146 cm³/mol. The number of amides is 1. The Hall–Kier alpha value is -3.04. The zero-order valence-corrected chi connectivity index (χ0v) is 23.0. The van der Waals surface area contributed by atoms with Crippen LogP contribution in [0.2, 0.25) is 0 Å². The molecule has 0 spiro atoms. The second kappa shape index (κ2) is 11.4. The smallest absolute Gasteiger partial charge is 0.497 e. The van der Waals surface area contributed by atoms with Crippen molar-refractivity contribution in [2.45, 2.75) is 61.9 Å². The summed E-state index contributed by atoms with van der Waals surface area (Å²) in [6, 6.07) is 13.7. The molecule has 2 saturated carbocycles. The van der Waals surface area contributed by atoms with Crippen LogP contribution in [0.15, 0.2) is 54.6 Å². The summed E-state index contributed by atoms with van der Waals surface area (Å²) < 4.78 is 53.7. The molecule has 1 saturated heterocycles. The van der Waals surface area contributed by atoms with Crippen molar-refractivity contribution in [3.8, 4) is 11.5 Å². The van der Waals surface area contributed by atoms with Crippen molar-refractivity contribution in [3.63, 3.8) is 0 Å². The number of fused-ring (bicyclic) bond motifs is 1. The topological polar surface area (TPSA) is 60.0 Å². The average molecular weight is 559 g/mol. The number of benzene rings is 2. The first kappa shape index (κ1) is 28.5. The molecule has 40 heavy (non-hydrogen) atoms. The number of nitrogens with zero attached hydrogens (tertiary/aromatic N) is 1. The van der Waals surface area contributed by atoms with Gasteiger partial charge in [0.2, 0.25) is 5.91 Å². The molecule has 9 heteroatoms. The normalized spacial score (nSPS) is 27.3. The molecule has 0 aromatic heterocycles. The summed E-state index contributed by atoms with van der Waals surface area (Å²) in [7, 11) is 3.48. The molecule has 1 amide bonds. The Balaban J connectivity index is 1.34. The maximum atomic E-state index is 13.0. The lowest BCUT2D eigenvalue weighted by molar-refractivity contribution is -0.274. The van der Waals surface area contributed by atoms with E-state index in [1.54, 1.807) is 13.2 Å². The maximum absolute atomic E-state index is 13.0.